The number of aromatic nitrogens is 2. The van der Waals surface area contributed by atoms with E-state index < -0.39 is 0 Å². The van der Waals surface area contributed by atoms with Crippen molar-refractivity contribution >= 4 is 17.5 Å². The van der Waals surface area contributed by atoms with Crippen LogP contribution in [-0.4, -0.2) is 36.3 Å². The van der Waals surface area contributed by atoms with Crippen molar-refractivity contribution in [3.63, 3.8) is 0 Å². The largest absolute Gasteiger partial charge is 0.491 e. The normalized spacial score (nSPS) is 10.6. The Bertz CT molecular complexity index is 587. The Balaban J connectivity index is 1.91. The lowest BCUT2D eigenvalue weighted by atomic mass is 10.3. The first-order valence-electron chi connectivity index (χ1n) is 7.77. The average Bonchev–Trinajstić information content (AvgIpc) is 2.53. The Hall–Kier alpha value is -2.34. The van der Waals surface area contributed by atoms with Gasteiger partial charge in [0.05, 0.1) is 6.10 Å². The summed E-state index contributed by atoms with van der Waals surface area (Å²) < 4.78 is 10.6. The molecule has 2 aromatic rings. The number of rotatable bonds is 9. The quantitative estimate of drug-likeness (QED) is 0.691. The summed E-state index contributed by atoms with van der Waals surface area (Å²) in [4.78, 5) is 8.66. The Labute approximate surface area is 137 Å². The summed E-state index contributed by atoms with van der Waals surface area (Å²) in [6.07, 6.45) is 2.82. The molecule has 1 aromatic heterocycles. The summed E-state index contributed by atoms with van der Waals surface area (Å²) in [5, 5.41) is 6.43. The average molecular weight is 316 g/mol. The van der Waals surface area contributed by atoms with Crippen LogP contribution in [0.15, 0.2) is 36.5 Å². The molecule has 0 saturated carbocycles. The highest BCUT2D eigenvalue weighted by atomic mass is 16.5. The molecule has 0 unspecified atom stereocenters. The van der Waals surface area contributed by atoms with Crippen molar-refractivity contribution in [1.82, 2.24) is 9.97 Å². The second-order valence-electron chi connectivity index (χ2n) is 5.35. The SMILES string of the molecule is COCCCNc1ccnc(Nc2ccc(OC(C)C)cc2)n1. The van der Waals surface area contributed by atoms with Gasteiger partial charge in [-0.2, -0.15) is 4.98 Å². The van der Waals surface area contributed by atoms with Crippen molar-refractivity contribution in [2.24, 2.45) is 0 Å². The van der Waals surface area contributed by atoms with Gasteiger partial charge in [-0.1, -0.05) is 0 Å². The van der Waals surface area contributed by atoms with E-state index in [9.17, 15) is 0 Å². The van der Waals surface area contributed by atoms with Crippen LogP contribution in [-0.2, 0) is 4.74 Å². The minimum atomic E-state index is 0.165. The third kappa shape index (κ3) is 6.12. The highest BCUT2D eigenvalue weighted by molar-refractivity contribution is 5.55. The van der Waals surface area contributed by atoms with E-state index in [2.05, 4.69) is 20.6 Å². The van der Waals surface area contributed by atoms with E-state index in [1.807, 2.05) is 44.2 Å². The number of nitrogens with one attached hydrogen (secondary N) is 2. The molecule has 124 valence electrons. The third-order valence-corrected chi connectivity index (χ3v) is 2.97. The van der Waals surface area contributed by atoms with E-state index in [1.165, 1.54) is 0 Å². The predicted molar refractivity (Wildman–Crippen MR) is 92.5 cm³/mol. The molecule has 0 bridgehead atoms. The molecule has 1 aromatic carbocycles. The van der Waals surface area contributed by atoms with Crippen LogP contribution in [0.2, 0.25) is 0 Å². The van der Waals surface area contributed by atoms with Gasteiger partial charge in [0.25, 0.3) is 0 Å². The zero-order chi connectivity index (χ0) is 16.5. The Morgan fingerprint density at radius 2 is 1.91 bits per heavy atom. The van der Waals surface area contributed by atoms with E-state index >= 15 is 0 Å². The third-order valence-electron chi connectivity index (χ3n) is 2.97. The first-order valence-corrected chi connectivity index (χ1v) is 7.77. The van der Waals surface area contributed by atoms with Crippen molar-refractivity contribution in [3.8, 4) is 5.75 Å². The van der Waals surface area contributed by atoms with E-state index in [0.717, 1.165) is 36.8 Å². The highest BCUT2D eigenvalue weighted by Gasteiger charge is 2.02. The lowest BCUT2D eigenvalue weighted by Gasteiger charge is -2.11. The second-order valence-corrected chi connectivity index (χ2v) is 5.35. The van der Waals surface area contributed by atoms with Crippen LogP contribution in [0, 0.1) is 0 Å². The van der Waals surface area contributed by atoms with E-state index in [4.69, 9.17) is 9.47 Å². The van der Waals surface area contributed by atoms with Crippen LogP contribution in [0.5, 0.6) is 5.75 Å². The minimum Gasteiger partial charge on any atom is -0.491 e. The fraction of sp³-hybridized carbons (Fsp3) is 0.412. The molecule has 0 amide bonds. The number of nitrogens with zero attached hydrogens (tertiary/aromatic N) is 2. The van der Waals surface area contributed by atoms with Crippen LogP contribution >= 0.6 is 0 Å². The summed E-state index contributed by atoms with van der Waals surface area (Å²) in [5.41, 5.74) is 0.914. The maximum atomic E-state index is 5.62. The molecule has 2 N–H and O–H groups in total. The maximum absolute atomic E-state index is 5.62. The van der Waals surface area contributed by atoms with E-state index in [1.54, 1.807) is 13.3 Å². The fourth-order valence-corrected chi connectivity index (χ4v) is 1.97. The van der Waals surface area contributed by atoms with Gasteiger partial charge in [0.1, 0.15) is 11.6 Å². The summed E-state index contributed by atoms with van der Waals surface area (Å²) in [7, 11) is 1.70. The van der Waals surface area contributed by atoms with Crippen molar-refractivity contribution in [2.75, 3.05) is 30.9 Å². The molecule has 0 atom stereocenters. The van der Waals surface area contributed by atoms with Crippen molar-refractivity contribution < 1.29 is 9.47 Å². The predicted octanol–water partition coefficient (Wildman–Crippen LogP) is 3.46. The topological polar surface area (TPSA) is 68.3 Å². The first kappa shape index (κ1) is 17.0. The highest BCUT2D eigenvalue weighted by Crippen LogP contribution is 2.19. The number of hydrogen-bond donors (Lipinski definition) is 2. The van der Waals surface area contributed by atoms with Gasteiger partial charge in [0, 0.05) is 32.1 Å². The zero-order valence-electron chi connectivity index (χ0n) is 13.9. The smallest absolute Gasteiger partial charge is 0.229 e. The Morgan fingerprint density at radius 3 is 2.61 bits per heavy atom. The molecular weight excluding hydrogens is 292 g/mol. The van der Waals surface area contributed by atoms with Crippen molar-refractivity contribution in [3.05, 3.63) is 36.5 Å². The summed E-state index contributed by atoms with van der Waals surface area (Å²) in [6.45, 7) is 5.55. The van der Waals surface area contributed by atoms with Crippen LogP contribution in [0.4, 0.5) is 17.5 Å². The van der Waals surface area contributed by atoms with Gasteiger partial charge in [-0.25, -0.2) is 4.98 Å². The molecule has 6 heteroatoms. The van der Waals surface area contributed by atoms with Gasteiger partial charge in [-0.3, -0.25) is 0 Å². The number of methoxy groups -OCH3 is 1. The molecule has 0 spiro atoms. The number of ether oxygens (including phenoxy) is 2. The molecule has 1 heterocycles. The molecule has 0 radical (unpaired) electrons. The molecule has 0 fully saturated rings. The summed E-state index contributed by atoms with van der Waals surface area (Å²) in [6, 6.07) is 9.58. The Kier molecular flexibility index (Phi) is 6.62. The molecule has 2 rings (SSSR count). The first-order chi connectivity index (χ1) is 11.2. The molecule has 0 aliphatic rings. The van der Waals surface area contributed by atoms with E-state index in [0.29, 0.717) is 5.95 Å². The molecule has 0 aliphatic carbocycles. The van der Waals surface area contributed by atoms with Gasteiger partial charge in [0.15, 0.2) is 0 Å². The van der Waals surface area contributed by atoms with Gasteiger partial charge < -0.3 is 20.1 Å². The monoisotopic (exact) mass is 316 g/mol. The molecular formula is C17H24N4O2. The van der Waals surface area contributed by atoms with Crippen LogP contribution in [0.3, 0.4) is 0 Å². The molecule has 6 nitrogen and oxygen atoms in total. The number of hydrogen-bond acceptors (Lipinski definition) is 6. The van der Waals surface area contributed by atoms with Crippen LogP contribution < -0.4 is 15.4 Å². The van der Waals surface area contributed by atoms with E-state index in [-0.39, 0.29) is 6.10 Å². The maximum Gasteiger partial charge on any atom is 0.229 e. The van der Waals surface area contributed by atoms with Gasteiger partial charge >= 0.3 is 0 Å². The fourth-order valence-electron chi connectivity index (χ4n) is 1.97. The second kappa shape index (κ2) is 8.95. The molecule has 0 saturated heterocycles. The van der Waals surface area contributed by atoms with Gasteiger partial charge in [0.2, 0.25) is 5.95 Å². The van der Waals surface area contributed by atoms with Crippen molar-refractivity contribution in [1.29, 1.82) is 0 Å². The summed E-state index contributed by atoms with van der Waals surface area (Å²) in [5.74, 6) is 2.19. The Morgan fingerprint density at radius 1 is 1.13 bits per heavy atom. The van der Waals surface area contributed by atoms with Crippen molar-refractivity contribution in [2.45, 2.75) is 26.4 Å². The molecule has 0 aliphatic heterocycles. The number of anilines is 3. The van der Waals surface area contributed by atoms with Crippen LogP contribution in [0.1, 0.15) is 20.3 Å². The number of benzene rings is 1. The van der Waals surface area contributed by atoms with Gasteiger partial charge in [-0.15, -0.1) is 0 Å². The minimum absolute atomic E-state index is 0.165. The van der Waals surface area contributed by atoms with Crippen LogP contribution in [0.25, 0.3) is 0 Å². The lowest BCUT2D eigenvalue weighted by molar-refractivity contribution is 0.198. The molecule has 23 heavy (non-hydrogen) atoms. The summed E-state index contributed by atoms with van der Waals surface area (Å²) >= 11 is 0. The lowest BCUT2D eigenvalue weighted by Crippen LogP contribution is -2.07. The zero-order valence-corrected chi connectivity index (χ0v) is 13.9. The van der Waals surface area contributed by atoms with Gasteiger partial charge in [-0.05, 0) is 50.6 Å². The standard InChI is InChI=1S/C17H24N4O2/c1-13(2)23-15-7-5-14(6-8-15)20-17-19-11-9-16(21-17)18-10-4-12-22-3/h5-9,11,13H,4,10,12H2,1-3H3,(H2,18,19,20,21).